The molecule has 0 bridgehead atoms. The van der Waals surface area contributed by atoms with Crippen LogP contribution >= 0.6 is 11.6 Å². The lowest BCUT2D eigenvalue weighted by molar-refractivity contribution is 0.482. The van der Waals surface area contributed by atoms with Gasteiger partial charge in [-0.25, -0.2) is 9.97 Å². The van der Waals surface area contributed by atoms with Gasteiger partial charge in [-0.1, -0.05) is 19.1 Å². The molecule has 2 atom stereocenters. The normalized spacial score (nSPS) is 15.9. The molecule has 1 fully saturated rings. The zero-order valence-electron chi connectivity index (χ0n) is 17.2. The molecule has 2 aromatic heterocycles. The molecule has 0 amide bonds. The highest BCUT2D eigenvalue weighted by molar-refractivity contribution is 7.85. The number of hydrogen-bond donors (Lipinski definition) is 1. The smallest absolute Gasteiger partial charge is 0.295 e. The predicted molar refractivity (Wildman–Crippen MR) is 119 cm³/mol. The Labute approximate surface area is 182 Å². The fourth-order valence-electron chi connectivity index (χ4n) is 3.58. The summed E-state index contributed by atoms with van der Waals surface area (Å²) in [6.07, 6.45) is 2.20. The molecule has 0 saturated heterocycles. The maximum absolute atomic E-state index is 13.3. The lowest BCUT2D eigenvalue weighted by Crippen LogP contribution is -2.29. The first kappa shape index (κ1) is 20.9. The van der Waals surface area contributed by atoms with Crippen molar-refractivity contribution in [1.29, 1.82) is 0 Å². The van der Waals surface area contributed by atoms with Gasteiger partial charge < -0.3 is 5.32 Å². The molecule has 0 aliphatic heterocycles. The average Bonchev–Trinajstić information content (AvgIpc) is 3.57. The number of halogens is 1. The van der Waals surface area contributed by atoms with E-state index in [1.807, 2.05) is 45.0 Å². The minimum Gasteiger partial charge on any atom is -0.361 e. The van der Waals surface area contributed by atoms with Gasteiger partial charge in [0, 0.05) is 23.2 Å². The van der Waals surface area contributed by atoms with Crippen LogP contribution in [-0.2, 0) is 17.3 Å². The van der Waals surface area contributed by atoms with Gasteiger partial charge in [-0.05, 0) is 61.9 Å². The second kappa shape index (κ2) is 8.43. The number of rotatable bonds is 7. The minimum atomic E-state index is -0.980. The number of anilines is 1. The van der Waals surface area contributed by atoms with Gasteiger partial charge in [-0.2, -0.15) is 4.98 Å². The van der Waals surface area contributed by atoms with Crippen LogP contribution in [0.3, 0.4) is 0 Å². The van der Waals surface area contributed by atoms with E-state index in [2.05, 4.69) is 20.3 Å². The van der Waals surface area contributed by atoms with Crippen LogP contribution in [0, 0.1) is 12.8 Å². The first-order chi connectivity index (χ1) is 14.4. The molecule has 4 rings (SSSR count). The number of hydrogen-bond acceptors (Lipinski definition) is 6. The zero-order valence-corrected chi connectivity index (χ0v) is 18.8. The molecular formula is C21H24ClN5O2S. The number of nitrogens with one attached hydrogen (secondary N) is 1. The van der Waals surface area contributed by atoms with E-state index in [1.54, 1.807) is 4.57 Å². The third-order valence-electron chi connectivity index (χ3n) is 5.51. The second-order valence-electron chi connectivity index (χ2n) is 7.60. The standard InChI is InChI=1S/C21H24ClN5O2S/c1-4-30(29)16-9-5-14(6-10-16)11-23-18-20(28)27(13(3)15-7-8-15)19-17(25-18)12(2)24-21(22)26-19/h5-6,9-10,13,15H,4,7-8,11H2,1-3H3,(H,23,25). The second-order valence-corrected chi connectivity index (χ2v) is 9.67. The van der Waals surface area contributed by atoms with E-state index in [-0.39, 0.29) is 22.7 Å². The monoisotopic (exact) mass is 445 g/mol. The summed E-state index contributed by atoms with van der Waals surface area (Å²) < 4.78 is 13.6. The van der Waals surface area contributed by atoms with Crippen LogP contribution in [-0.4, -0.2) is 29.5 Å². The van der Waals surface area contributed by atoms with Crippen molar-refractivity contribution in [3.8, 4) is 0 Å². The maximum Gasteiger partial charge on any atom is 0.295 e. The number of aryl methyl sites for hydroxylation is 1. The summed E-state index contributed by atoms with van der Waals surface area (Å²) in [6.45, 7) is 6.18. The Kier molecular flexibility index (Phi) is 5.88. The van der Waals surface area contributed by atoms with Crippen molar-refractivity contribution in [3.05, 3.63) is 51.2 Å². The van der Waals surface area contributed by atoms with Gasteiger partial charge in [0.2, 0.25) is 5.28 Å². The van der Waals surface area contributed by atoms with Crippen LogP contribution in [0.1, 0.15) is 44.0 Å². The highest BCUT2D eigenvalue weighted by Crippen LogP contribution is 2.39. The summed E-state index contributed by atoms with van der Waals surface area (Å²) in [4.78, 5) is 27.1. The highest BCUT2D eigenvalue weighted by atomic mass is 35.5. The van der Waals surface area contributed by atoms with E-state index in [9.17, 15) is 9.00 Å². The number of benzene rings is 1. The molecular weight excluding hydrogens is 422 g/mol. The van der Waals surface area contributed by atoms with Gasteiger partial charge in [0.15, 0.2) is 11.5 Å². The zero-order chi connectivity index (χ0) is 21.4. The lowest BCUT2D eigenvalue weighted by Gasteiger charge is -2.19. The van der Waals surface area contributed by atoms with Crippen molar-refractivity contribution in [1.82, 2.24) is 19.5 Å². The Bertz CT molecular complexity index is 1170. The molecule has 158 valence electrons. The summed E-state index contributed by atoms with van der Waals surface area (Å²) in [5.74, 6) is 1.32. The molecule has 3 aromatic rings. The average molecular weight is 446 g/mol. The maximum atomic E-state index is 13.3. The summed E-state index contributed by atoms with van der Waals surface area (Å²) in [5, 5.41) is 3.29. The molecule has 1 aromatic carbocycles. The van der Waals surface area contributed by atoms with E-state index in [0.717, 1.165) is 23.3 Å². The van der Waals surface area contributed by atoms with Crippen LogP contribution in [0.2, 0.25) is 5.28 Å². The quantitative estimate of drug-likeness (QED) is 0.555. The Balaban J connectivity index is 1.69. The molecule has 2 unspecified atom stereocenters. The molecule has 1 aliphatic rings. The van der Waals surface area contributed by atoms with Crippen LogP contribution in [0.15, 0.2) is 34.0 Å². The third kappa shape index (κ3) is 4.11. The molecule has 2 heterocycles. The fraction of sp³-hybridized carbons (Fsp3) is 0.429. The van der Waals surface area contributed by atoms with Crippen molar-refractivity contribution in [2.24, 2.45) is 5.92 Å². The topological polar surface area (TPSA) is 89.8 Å². The summed E-state index contributed by atoms with van der Waals surface area (Å²) in [6, 6.07) is 7.56. The van der Waals surface area contributed by atoms with Gasteiger partial charge in [-0.15, -0.1) is 0 Å². The fourth-order valence-corrected chi connectivity index (χ4v) is 4.56. The Morgan fingerprint density at radius 2 is 1.93 bits per heavy atom. The molecule has 0 spiro atoms. The van der Waals surface area contributed by atoms with E-state index >= 15 is 0 Å². The van der Waals surface area contributed by atoms with Crippen LogP contribution in [0.5, 0.6) is 0 Å². The Hall–Kier alpha value is -2.32. The van der Waals surface area contributed by atoms with E-state index in [0.29, 0.717) is 35.1 Å². The molecule has 7 nitrogen and oxygen atoms in total. The Morgan fingerprint density at radius 3 is 2.57 bits per heavy atom. The lowest BCUT2D eigenvalue weighted by atomic mass is 10.2. The van der Waals surface area contributed by atoms with Crippen LogP contribution in [0.4, 0.5) is 5.82 Å². The highest BCUT2D eigenvalue weighted by Gasteiger charge is 2.32. The summed E-state index contributed by atoms with van der Waals surface area (Å²) in [7, 11) is -0.980. The summed E-state index contributed by atoms with van der Waals surface area (Å²) in [5.41, 5.74) is 2.45. The van der Waals surface area contributed by atoms with Gasteiger partial charge in [0.25, 0.3) is 5.56 Å². The predicted octanol–water partition coefficient (Wildman–Crippen LogP) is 3.86. The van der Waals surface area contributed by atoms with Crippen molar-refractivity contribution in [3.63, 3.8) is 0 Å². The molecule has 1 aliphatic carbocycles. The molecule has 30 heavy (non-hydrogen) atoms. The van der Waals surface area contributed by atoms with Gasteiger partial charge in [0.1, 0.15) is 5.52 Å². The number of fused-ring (bicyclic) bond motifs is 1. The van der Waals surface area contributed by atoms with Crippen molar-refractivity contribution >= 4 is 39.4 Å². The van der Waals surface area contributed by atoms with Crippen LogP contribution < -0.4 is 10.9 Å². The van der Waals surface area contributed by atoms with Gasteiger partial charge in [-0.3, -0.25) is 13.6 Å². The van der Waals surface area contributed by atoms with Gasteiger partial charge >= 0.3 is 0 Å². The molecule has 1 N–H and O–H groups in total. The van der Waals surface area contributed by atoms with Crippen molar-refractivity contribution < 1.29 is 4.21 Å². The third-order valence-corrected chi connectivity index (χ3v) is 7.00. The van der Waals surface area contributed by atoms with Gasteiger partial charge in [0.05, 0.1) is 16.5 Å². The minimum absolute atomic E-state index is 0.0113. The summed E-state index contributed by atoms with van der Waals surface area (Å²) >= 11 is 6.07. The molecule has 0 radical (unpaired) electrons. The van der Waals surface area contributed by atoms with Crippen molar-refractivity contribution in [2.45, 2.75) is 51.1 Å². The van der Waals surface area contributed by atoms with Crippen molar-refractivity contribution in [2.75, 3.05) is 11.1 Å². The first-order valence-electron chi connectivity index (χ1n) is 10.1. The molecule has 9 heteroatoms. The van der Waals surface area contributed by atoms with E-state index in [1.165, 1.54) is 0 Å². The SMILES string of the molecule is CCS(=O)c1ccc(CNc2nc3c(C)nc(Cl)nc3n(C(C)C3CC3)c2=O)cc1. The van der Waals surface area contributed by atoms with E-state index in [4.69, 9.17) is 11.6 Å². The Morgan fingerprint density at radius 1 is 1.23 bits per heavy atom. The number of nitrogens with zero attached hydrogens (tertiary/aromatic N) is 4. The van der Waals surface area contributed by atoms with E-state index < -0.39 is 10.8 Å². The molecule has 1 saturated carbocycles. The first-order valence-corrected chi connectivity index (χ1v) is 11.8. The van der Waals surface area contributed by atoms with Crippen LogP contribution in [0.25, 0.3) is 11.2 Å². The number of aromatic nitrogens is 4. The largest absolute Gasteiger partial charge is 0.361 e.